The molecule has 1 heterocycles. The maximum Gasteiger partial charge on any atom is 0.151 e. The lowest BCUT2D eigenvalue weighted by Gasteiger charge is -2.13. The summed E-state index contributed by atoms with van der Waals surface area (Å²) < 4.78 is 0. The minimum Gasteiger partial charge on any atom is -0.298 e. The first-order valence-electron chi connectivity index (χ1n) is 6.62. The number of aromatic nitrogens is 1. The molecule has 0 fully saturated rings. The Morgan fingerprint density at radius 1 is 1.28 bits per heavy atom. The van der Waals surface area contributed by atoms with Crippen molar-refractivity contribution in [3.63, 3.8) is 0 Å². The largest absolute Gasteiger partial charge is 0.298 e. The standard InChI is InChI=1S/C16H17NO/c1-10(2)11-5-3-7-13-14(9-18)12-6-4-8-15(12)17-16(11)13/h3,5,7,9-10H,4,6,8H2,1-2H3. The van der Waals surface area contributed by atoms with Gasteiger partial charge >= 0.3 is 0 Å². The number of benzene rings is 1. The van der Waals surface area contributed by atoms with Crippen LogP contribution in [0.5, 0.6) is 0 Å². The Labute approximate surface area is 107 Å². The maximum atomic E-state index is 11.4. The summed E-state index contributed by atoms with van der Waals surface area (Å²) in [5.41, 5.74) is 5.45. The summed E-state index contributed by atoms with van der Waals surface area (Å²) >= 11 is 0. The molecule has 92 valence electrons. The van der Waals surface area contributed by atoms with Crippen LogP contribution in [0.4, 0.5) is 0 Å². The van der Waals surface area contributed by atoms with Crippen molar-refractivity contribution in [2.75, 3.05) is 0 Å². The number of para-hydroxylation sites is 1. The number of hydrogen-bond donors (Lipinski definition) is 0. The van der Waals surface area contributed by atoms with E-state index in [1.165, 1.54) is 11.1 Å². The molecule has 2 aromatic rings. The average Bonchev–Trinajstić information content (AvgIpc) is 2.82. The summed E-state index contributed by atoms with van der Waals surface area (Å²) in [5.74, 6) is 0.431. The zero-order valence-electron chi connectivity index (χ0n) is 10.9. The van der Waals surface area contributed by atoms with Gasteiger partial charge in [-0.05, 0) is 36.3 Å². The summed E-state index contributed by atoms with van der Waals surface area (Å²) in [6, 6.07) is 6.18. The third-order valence-corrected chi connectivity index (χ3v) is 3.86. The minimum atomic E-state index is 0.431. The lowest BCUT2D eigenvalue weighted by molar-refractivity contribution is 0.112. The number of pyridine rings is 1. The van der Waals surface area contributed by atoms with Gasteiger partial charge in [0.1, 0.15) is 0 Å². The van der Waals surface area contributed by atoms with Crippen LogP contribution >= 0.6 is 0 Å². The number of aryl methyl sites for hydroxylation is 1. The van der Waals surface area contributed by atoms with Crippen LogP contribution in [0.2, 0.25) is 0 Å². The van der Waals surface area contributed by atoms with Crippen molar-refractivity contribution in [3.8, 4) is 0 Å². The molecule has 2 heteroatoms. The summed E-state index contributed by atoms with van der Waals surface area (Å²) in [5, 5.41) is 1.02. The molecule has 1 aliphatic rings. The Balaban J connectivity index is 2.42. The van der Waals surface area contributed by atoms with E-state index in [0.717, 1.165) is 47.7 Å². The highest BCUT2D eigenvalue weighted by molar-refractivity contribution is 5.99. The fourth-order valence-electron chi connectivity index (χ4n) is 2.94. The third-order valence-electron chi connectivity index (χ3n) is 3.86. The second-order valence-electron chi connectivity index (χ2n) is 5.32. The topological polar surface area (TPSA) is 30.0 Å². The molecule has 3 rings (SSSR count). The number of nitrogens with zero attached hydrogens (tertiary/aromatic N) is 1. The van der Waals surface area contributed by atoms with Crippen molar-refractivity contribution in [2.45, 2.75) is 39.0 Å². The molecule has 1 aliphatic carbocycles. The monoisotopic (exact) mass is 239 g/mol. The summed E-state index contributed by atoms with van der Waals surface area (Å²) in [7, 11) is 0. The van der Waals surface area contributed by atoms with Crippen molar-refractivity contribution in [2.24, 2.45) is 0 Å². The van der Waals surface area contributed by atoms with Crippen LogP contribution in [0.15, 0.2) is 18.2 Å². The van der Waals surface area contributed by atoms with Crippen LogP contribution in [0, 0.1) is 0 Å². The van der Waals surface area contributed by atoms with Crippen LogP contribution in [-0.2, 0) is 12.8 Å². The molecule has 0 N–H and O–H groups in total. The maximum absolute atomic E-state index is 11.4. The summed E-state index contributed by atoms with van der Waals surface area (Å²) in [6.07, 6.45) is 4.14. The van der Waals surface area contributed by atoms with E-state index in [9.17, 15) is 4.79 Å². The molecule has 2 nitrogen and oxygen atoms in total. The van der Waals surface area contributed by atoms with Crippen LogP contribution in [0.1, 0.15) is 53.4 Å². The first-order chi connectivity index (χ1) is 8.72. The second kappa shape index (κ2) is 4.20. The Kier molecular flexibility index (Phi) is 2.66. The van der Waals surface area contributed by atoms with Gasteiger partial charge < -0.3 is 0 Å². The molecule has 0 bridgehead atoms. The Morgan fingerprint density at radius 3 is 2.83 bits per heavy atom. The average molecular weight is 239 g/mol. The Bertz CT molecular complexity index is 629. The normalized spacial score (nSPS) is 14.2. The predicted octanol–water partition coefficient (Wildman–Crippen LogP) is 3.66. The number of rotatable bonds is 2. The zero-order chi connectivity index (χ0) is 12.7. The molecule has 0 unspecified atom stereocenters. The Hall–Kier alpha value is -1.70. The molecule has 0 saturated heterocycles. The number of aldehydes is 1. The van der Waals surface area contributed by atoms with Crippen LogP contribution in [0.25, 0.3) is 10.9 Å². The minimum absolute atomic E-state index is 0.431. The SMILES string of the molecule is CC(C)c1cccc2c(C=O)c3c(nc12)CCC3. The van der Waals surface area contributed by atoms with Gasteiger partial charge in [0, 0.05) is 16.6 Å². The molecule has 1 aromatic heterocycles. The smallest absolute Gasteiger partial charge is 0.151 e. The second-order valence-corrected chi connectivity index (χ2v) is 5.32. The first-order valence-corrected chi connectivity index (χ1v) is 6.62. The number of fused-ring (bicyclic) bond motifs is 2. The number of carbonyl (C=O) groups is 1. The van der Waals surface area contributed by atoms with Crippen molar-refractivity contribution in [3.05, 3.63) is 40.6 Å². The lowest BCUT2D eigenvalue weighted by atomic mass is 9.95. The highest BCUT2D eigenvalue weighted by Gasteiger charge is 2.20. The molecular weight excluding hydrogens is 222 g/mol. The first kappa shape index (κ1) is 11.4. The zero-order valence-corrected chi connectivity index (χ0v) is 10.9. The van der Waals surface area contributed by atoms with Crippen LogP contribution < -0.4 is 0 Å². The van der Waals surface area contributed by atoms with Crippen molar-refractivity contribution >= 4 is 17.2 Å². The molecule has 0 atom stereocenters. The quantitative estimate of drug-likeness (QED) is 0.749. The van der Waals surface area contributed by atoms with Gasteiger partial charge in [-0.1, -0.05) is 32.0 Å². The molecule has 0 saturated carbocycles. The molecule has 0 radical (unpaired) electrons. The molecule has 0 aliphatic heterocycles. The van der Waals surface area contributed by atoms with Gasteiger partial charge in [-0.15, -0.1) is 0 Å². The highest BCUT2D eigenvalue weighted by Crippen LogP contribution is 2.32. The Morgan fingerprint density at radius 2 is 2.11 bits per heavy atom. The van der Waals surface area contributed by atoms with E-state index in [1.54, 1.807) is 0 Å². The molecule has 0 amide bonds. The van der Waals surface area contributed by atoms with E-state index in [1.807, 2.05) is 12.1 Å². The number of hydrogen-bond acceptors (Lipinski definition) is 2. The fourth-order valence-corrected chi connectivity index (χ4v) is 2.94. The molecular formula is C16H17NO. The fraction of sp³-hybridized carbons (Fsp3) is 0.375. The van der Waals surface area contributed by atoms with E-state index in [-0.39, 0.29) is 0 Å². The van der Waals surface area contributed by atoms with E-state index >= 15 is 0 Å². The summed E-state index contributed by atoms with van der Waals surface area (Å²) in [4.78, 5) is 16.3. The van der Waals surface area contributed by atoms with Gasteiger partial charge in [0.05, 0.1) is 5.52 Å². The van der Waals surface area contributed by atoms with E-state index < -0.39 is 0 Å². The summed E-state index contributed by atoms with van der Waals surface area (Å²) in [6.45, 7) is 4.34. The lowest BCUT2D eigenvalue weighted by Crippen LogP contribution is -2.01. The van der Waals surface area contributed by atoms with E-state index in [2.05, 4.69) is 19.9 Å². The molecule has 18 heavy (non-hydrogen) atoms. The van der Waals surface area contributed by atoms with Gasteiger partial charge in [0.2, 0.25) is 0 Å². The van der Waals surface area contributed by atoms with Crippen molar-refractivity contribution < 1.29 is 4.79 Å². The van der Waals surface area contributed by atoms with Crippen LogP contribution in [0.3, 0.4) is 0 Å². The van der Waals surface area contributed by atoms with Gasteiger partial charge in [-0.25, -0.2) is 0 Å². The molecule has 1 aromatic carbocycles. The van der Waals surface area contributed by atoms with E-state index in [0.29, 0.717) is 5.92 Å². The number of carbonyl (C=O) groups excluding carboxylic acids is 1. The predicted molar refractivity (Wildman–Crippen MR) is 73.2 cm³/mol. The van der Waals surface area contributed by atoms with Crippen molar-refractivity contribution in [1.82, 2.24) is 4.98 Å². The van der Waals surface area contributed by atoms with Gasteiger partial charge in [0.15, 0.2) is 6.29 Å². The van der Waals surface area contributed by atoms with Crippen molar-refractivity contribution in [1.29, 1.82) is 0 Å². The van der Waals surface area contributed by atoms with E-state index in [4.69, 9.17) is 4.98 Å². The van der Waals surface area contributed by atoms with Crippen LogP contribution in [-0.4, -0.2) is 11.3 Å². The molecule has 0 spiro atoms. The van der Waals surface area contributed by atoms with Gasteiger partial charge in [-0.2, -0.15) is 0 Å². The third kappa shape index (κ3) is 1.56. The van der Waals surface area contributed by atoms with Gasteiger partial charge in [0.25, 0.3) is 0 Å². The van der Waals surface area contributed by atoms with Gasteiger partial charge in [-0.3, -0.25) is 9.78 Å². The highest BCUT2D eigenvalue weighted by atomic mass is 16.1.